The maximum Gasteiger partial charge on any atom is 0.167 e. The molecule has 0 heterocycles. The molecule has 0 fully saturated rings. The van der Waals surface area contributed by atoms with E-state index in [-0.39, 0.29) is 5.75 Å². The van der Waals surface area contributed by atoms with Crippen LogP contribution >= 0.6 is 0 Å². The van der Waals surface area contributed by atoms with E-state index in [1.807, 2.05) is 19.0 Å². The Morgan fingerprint density at radius 1 is 1.44 bits per heavy atom. The molecule has 3 N–H and O–H groups in total. The summed E-state index contributed by atoms with van der Waals surface area (Å²) in [4.78, 5) is 2.05. The molecule has 5 heteroatoms. The van der Waals surface area contributed by atoms with Crippen molar-refractivity contribution in [3.63, 3.8) is 0 Å². The van der Waals surface area contributed by atoms with E-state index in [1.165, 1.54) is 13.2 Å². The number of likely N-dealkylation sites (N-methyl/N-ethyl adjacent to an activating group) is 1. The van der Waals surface area contributed by atoms with Crippen LogP contribution in [0, 0.1) is 5.82 Å². The molecule has 1 aromatic rings. The number of nitrogen functional groups attached to an aromatic ring is 1. The van der Waals surface area contributed by atoms with Gasteiger partial charge in [0.25, 0.3) is 0 Å². The fourth-order valence-electron chi connectivity index (χ4n) is 1.29. The van der Waals surface area contributed by atoms with Gasteiger partial charge in [-0.05, 0) is 14.1 Å². The van der Waals surface area contributed by atoms with Crippen molar-refractivity contribution in [1.29, 1.82) is 0 Å². The third-order valence-corrected chi connectivity index (χ3v) is 2.20. The highest BCUT2D eigenvalue weighted by Gasteiger charge is 2.07. The van der Waals surface area contributed by atoms with Gasteiger partial charge in [0.15, 0.2) is 11.6 Å². The van der Waals surface area contributed by atoms with Crippen LogP contribution < -0.4 is 15.8 Å². The van der Waals surface area contributed by atoms with Crippen molar-refractivity contribution in [2.45, 2.75) is 0 Å². The lowest BCUT2D eigenvalue weighted by atomic mass is 10.2. The topological polar surface area (TPSA) is 50.5 Å². The van der Waals surface area contributed by atoms with Gasteiger partial charge in [-0.2, -0.15) is 0 Å². The first-order valence-corrected chi connectivity index (χ1v) is 5.06. The van der Waals surface area contributed by atoms with E-state index < -0.39 is 5.82 Å². The van der Waals surface area contributed by atoms with Crippen LogP contribution in [0.2, 0.25) is 0 Å². The Morgan fingerprint density at radius 3 is 2.69 bits per heavy atom. The molecule has 1 aromatic carbocycles. The zero-order valence-electron chi connectivity index (χ0n) is 9.88. The predicted molar refractivity (Wildman–Crippen MR) is 64.4 cm³/mol. The normalized spacial score (nSPS) is 10.6. The molecule has 0 spiro atoms. The lowest BCUT2D eigenvalue weighted by Gasteiger charge is -2.14. The predicted octanol–water partition coefficient (Wildman–Crippen LogP) is 1.39. The number of nitrogens with two attached hydrogens (primary N) is 1. The average molecular weight is 227 g/mol. The average Bonchev–Trinajstić information content (AvgIpc) is 2.20. The zero-order chi connectivity index (χ0) is 12.1. The van der Waals surface area contributed by atoms with Crippen molar-refractivity contribution in [2.75, 3.05) is 45.3 Å². The maximum absolute atomic E-state index is 13.2. The van der Waals surface area contributed by atoms with Crippen molar-refractivity contribution >= 4 is 11.4 Å². The summed E-state index contributed by atoms with van der Waals surface area (Å²) in [5, 5.41) is 3.13. The molecule has 0 bridgehead atoms. The minimum Gasteiger partial charge on any atom is -0.494 e. The Morgan fingerprint density at radius 2 is 2.12 bits per heavy atom. The SMILES string of the molecule is COc1cc(NCCN(C)C)c(N)cc1F. The van der Waals surface area contributed by atoms with Crippen LogP contribution in [0.1, 0.15) is 0 Å². The summed E-state index contributed by atoms with van der Waals surface area (Å²) in [6.07, 6.45) is 0. The first-order valence-electron chi connectivity index (χ1n) is 5.06. The summed E-state index contributed by atoms with van der Waals surface area (Å²) in [5.74, 6) is -0.250. The van der Waals surface area contributed by atoms with Crippen molar-refractivity contribution in [1.82, 2.24) is 4.90 Å². The molecule has 0 aliphatic rings. The van der Waals surface area contributed by atoms with Crippen LogP contribution in [0.15, 0.2) is 12.1 Å². The van der Waals surface area contributed by atoms with E-state index >= 15 is 0 Å². The third kappa shape index (κ3) is 3.27. The van der Waals surface area contributed by atoms with Crippen molar-refractivity contribution in [3.8, 4) is 5.75 Å². The highest BCUT2D eigenvalue weighted by molar-refractivity contribution is 5.68. The lowest BCUT2D eigenvalue weighted by molar-refractivity contribution is 0.387. The smallest absolute Gasteiger partial charge is 0.167 e. The summed E-state index contributed by atoms with van der Waals surface area (Å²) in [7, 11) is 5.39. The first-order chi connectivity index (χ1) is 7.54. The van der Waals surface area contributed by atoms with E-state index in [0.29, 0.717) is 11.4 Å². The second-order valence-electron chi connectivity index (χ2n) is 3.80. The number of anilines is 2. The van der Waals surface area contributed by atoms with E-state index in [0.717, 1.165) is 13.1 Å². The van der Waals surface area contributed by atoms with Crippen LogP contribution in [0.5, 0.6) is 5.75 Å². The Balaban J connectivity index is 2.72. The highest BCUT2D eigenvalue weighted by atomic mass is 19.1. The summed E-state index contributed by atoms with van der Waals surface area (Å²) in [6, 6.07) is 2.83. The van der Waals surface area contributed by atoms with Gasteiger partial charge in [-0.3, -0.25) is 0 Å². The highest BCUT2D eigenvalue weighted by Crippen LogP contribution is 2.27. The molecule has 0 saturated heterocycles. The van der Waals surface area contributed by atoms with E-state index in [1.54, 1.807) is 6.07 Å². The van der Waals surface area contributed by atoms with E-state index in [9.17, 15) is 4.39 Å². The van der Waals surface area contributed by atoms with Gasteiger partial charge < -0.3 is 20.7 Å². The van der Waals surface area contributed by atoms with E-state index in [4.69, 9.17) is 10.5 Å². The fourth-order valence-corrected chi connectivity index (χ4v) is 1.29. The van der Waals surface area contributed by atoms with Gasteiger partial charge in [-0.25, -0.2) is 4.39 Å². The number of halogens is 1. The molecule has 0 unspecified atom stereocenters. The lowest BCUT2D eigenvalue weighted by Crippen LogP contribution is -2.21. The van der Waals surface area contributed by atoms with Crippen LogP contribution in [0.4, 0.5) is 15.8 Å². The minimum atomic E-state index is -0.446. The quantitative estimate of drug-likeness (QED) is 0.746. The monoisotopic (exact) mass is 227 g/mol. The number of benzene rings is 1. The molecule has 4 nitrogen and oxygen atoms in total. The molecular formula is C11H18FN3O. The Bertz CT molecular complexity index is 355. The van der Waals surface area contributed by atoms with Gasteiger partial charge in [-0.1, -0.05) is 0 Å². The van der Waals surface area contributed by atoms with Gasteiger partial charge >= 0.3 is 0 Å². The van der Waals surface area contributed by atoms with Crippen LogP contribution in [0.3, 0.4) is 0 Å². The molecule has 16 heavy (non-hydrogen) atoms. The molecule has 90 valence electrons. The second-order valence-corrected chi connectivity index (χ2v) is 3.80. The zero-order valence-corrected chi connectivity index (χ0v) is 9.88. The second kappa shape index (κ2) is 5.55. The maximum atomic E-state index is 13.2. The molecule has 0 radical (unpaired) electrons. The Hall–Kier alpha value is -1.49. The van der Waals surface area contributed by atoms with Crippen molar-refractivity contribution in [2.24, 2.45) is 0 Å². The summed E-state index contributed by atoms with van der Waals surface area (Å²) in [5.41, 5.74) is 6.77. The van der Waals surface area contributed by atoms with Crippen molar-refractivity contribution in [3.05, 3.63) is 17.9 Å². The number of ether oxygens (including phenoxy) is 1. The number of hydrogen-bond acceptors (Lipinski definition) is 4. The van der Waals surface area contributed by atoms with Gasteiger partial charge in [0.05, 0.1) is 18.5 Å². The number of hydrogen-bond donors (Lipinski definition) is 2. The number of methoxy groups -OCH3 is 1. The number of rotatable bonds is 5. The van der Waals surface area contributed by atoms with Gasteiger partial charge in [0.1, 0.15) is 0 Å². The molecule has 0 amide bonds. The summed E-state index contributed by atoms with van der Waals surface area (Å²) in [6.45, 7) is 1.62. The molecule has 1 rings (SSSR count). The fraction of sp³-hybridized carbons (Fsp3) is 0.455. The Labute approximate surface area is 95.2 Å². The summed E-state index contributed by atoms with van der Waals surface area (Å²) < 4.78 is 18.1. The number of nitrogens with one attached hydrogen (secondary N) is 1. The van der Waals surface area contributed by atoms with Crippen molar-refractivity contribution < 1.29 is 9.13 Å². The molecule has 0 aliphatic carbocycles. The van der Waals surface area contributed by atoms with Crippen LogP contribution in [-0.2, 0) is 0 Å². The third-order valence-electron chi connectivity index (χ3n) is 2.20. The molecular weight excluding hydrogens is 209 g/mol. The van der Waals surface area contributed by atoms with Crippen LogP contribution in [0.25, 0.3) is 0 Å². The summed E-state index contributed by atoms with van der Waals surface area (Å²) >= 11 is 0. The van der Waals surface area contributed by atoms with Gasteiger partial charge in [-0.15, -0.1) is 0 Å². The van der Waals surface area contributed by atoms with Crippen LogP contribution in [-0.4, -0.2) is 39.2 Å². The standard InChI is InChI=1S/C11H18FN3O/c1-15(2)5-4-14-10-7-11(16-3)8(12)6-9(10)13/h6-7,14H,4-5,13H2,1-3H3. The van der Waals surface area contributed by atoms with E-state index in [2.05, 4.69) is 5.32 Å². The minimum absolute atomic E-state index is 0.196. The Kier molecular flexibility index (Phi) is 4.37. The number of nitrogens with zero attached hydrogens (tertiary/aromatic N) is 1. The molecule has 0 atom stereocenters. The molecule has 0 aliphatic heterocycles. The molecule has 0 saturated carbocycles. The molecule has 0 aromatic heterocycles. The van der Waals surface area contributed by atoms with Gasteiger partial charge in [0.2, 0.25) is 0 Å². The first kappa shape index (κ1) is 12.6. The largest absolute Gasteiger partial charge is 0.494 e. The van der Waals surface area contributed by atoms with Gasteiger partial charge in [0, 0.05) is 25.2 Å².